The van der Waals surface area contributed by atoms with Crippen LogP contribution in [0.15, 0.2) is 261 Å². The molecule has 0 atom stereocenters. The zero-order valence-electron chi connectivity index (χ0n) is 36.2. The Kier molecular flexibility index (Phi) is 10.1. The Morgan fingerprint density at radius 1 is 0.242 bits per heavy atom. The lowest BCUT2D eigenvalue weighted by Gasteiger charge is -2.27. The van der Waals surface area contributed by atoms with E-state index in [1.807, 2.05) is 11.3 Å². The fraction of sp³-hybridized carbons (Fsp3) is 0. The van der Waals surface area contributed by atoms with Gasteiger partial charge in [-0.05, 0) is 138 Å². The Bertz CT molecular complexity index is 3610. The Hall–Kier alpha value is -8.30. The van der Waals surface area contributed by atoms with Gasteiger partial charge in [-0.2, -0.15) is 0 Å². The predicted molar refractivity (Wildman–Crippen MR) is 284 cm³/mol. The van der Waals surface area contributed by atoms with E-state index in [-0.39, 0.29) is 0 Å². The molecule has 12 rings (SSSR count). The number of hydrogen-bond acceptors (Lipinski definition) is 2. The summed E-state index contributed by atoms with van der Waals surface area (Å²) in [5.41, 5.74) is 17.7. The number of thiophene rings is 1. The first-order valence-corrected chi connectivity index (χ1v) is 23.4. The van der Waals surface area contributed by atoms with Gasteiger partial charge in [-0.25, -0.2) is 0 Å². The van der Waals surface area contributed by atoms with E-state index < -0.39 is 0 Å². The second-order valence-electron chi connectivity index (χ2n) is 16.9. The fourth-order valence-electron chi connectivity index (χ4n) is 9.45. The predicted octanol–water partition coefficient (Wildman–Crippen LogP) is 18.7. The molecule has 1 aromatic heterocycles. The van der Waals surface area contributed by atoms with E-state index in [1.54, 1.807) is 0 Å². The summed E-state index contributed by atoms with van der Waals surface area (Å²) in [6.45, 7) is 0. The number of anilines is 3. The first kappa shape index (κ1) is 39.3. The van der Waals surface area contributed by atoms with Crippen LogP contribution in [0.1, 0.15) is 0 Å². The van der Waals surface area contributed by atoms with Gasteiger partial charge in [0.2, 0.25) is 0 Å². The highest BCUT2D eigenvalue weighted by atomic mass is 32.1. The Labute approximate surface area is 389 Å². The summed E-state index contributed by atoms with van der Waals surface area (Å²) in [4.78, 5) is 2.40. The minimum atomic E-state index is 1.09. The van der Waals surface area contributed by atoms with Crippen LogP contribution in [0, 0.1) is 0 Å². The third-order valence-electron chi connectivity index (χ3n) is 12.9. The van der Waals surface area contributed by atoms with Crippen LogP contribution < -0.4 is 4.90 Å². The van der Waals surface area contributed by atoms with Crippen molar-refractivity contribution in [2.75, 3.05) is 4.90 Å². The normalized spacial score (nSPS) is 11.3. The lowest BCUT2D eigenvalue weighted by Crippen LogP contribution is -2.10. The van der Waals surface area contributed by atoms with Gasteiger partial charge in [0, 0.05) is 37.2 Å². The Morgan fingerprint density at radius 3 is 1.35 bits per heavy atom. The average Bonchev–Trinajstić information content (AvgIpc) is 3.79. The van der Waals surface area contributed by atoms with Gasteiger partial charge in [0.05, 0.1) is 0 Å². The molecule has 0 amide bonds. The van der Waals surface area contributed by atoms with Crippen molar-refractivity contribution in [3.63, 3.8) is 0 Å². The lowest BCUT2D eigenvalue weighted by atomic mass is 9.96. The first-order valence-electron chi connectivity index (χ1n) is 22.6. The van der Waals surface area contributed by atoms with Gasteiger partial charge in [-0.3, -0.25) is 0 Å². The molecule has 0 spiro atoms. The molecular formula is C64H43NS. The van der Waals surface area contributed by atoms with Gasteiger partial charge in [0.25, 0.3) is 0 Å². The average molecular weight is 858 g/mol. The van der Waals surface area contributed by atoms with Crippen molar-refractivity contribution >= 4 is 59.3 Å². The van der Waals surface area contributed by atoms with Crippen LogP contribution in [0.4, 0.5) is 17.1 Å². The monoisotopic (exact) mass is 857 g/mol. The van der Waals surface area contributed by atoms with Crippen molar-refractivity contribution < 1.29 is 0 Å². The largest absolute Gasteiger partial charge is 0.310 e. The van der Waals surface area contributed by atoms with Crippen molar-refractivity contribution in [2.45, 2.75) is 0 Å². The van der Waals surface area contributed by atoms with Gasteiger partial charge >= 0.3 is 0 Å². The van der Waals surface area contributed by atoms with Crippen LogP contribution >= 0.6 is 11.3 Å². The molecule has 0 radical (unpaired) electrons. The van der Waals surface area contributed by atoms with Crippen LogP contribution in [0.3, 0.4) is 0 Å². The molecule has 0 aliphatic rings. The number of rotatable bonds is 9. The Morgan fingerprint density at radius 2 is 0.682 bits per heavy atom. The molecule has 0 N–H and O–H groups in total. The minimum absolute atomic E-state index is 1.09. The molecule has 0 aliphatic heterocycles. The first-order chi connectivity index (χ1) is 32.7. The summed E-state index contributed by atoms with van der Waals surface area (Å²) in [5.74, 6) is 0. The van der Waals surface area contributed by atoms with Crippen LogP contribution in [-0.2, 0) is 0 Å². The number of fused-ring (bicyclic) bond motifs is 4. The van der Waals surface area contributed by atoms with Gasteiger partial charge in [0.1, 0.15) is 0 Å². The summed E-state index contributed by atoms with van der Waals surface area (Å²) in [6, 6.07) is 95.1. The maximum absolute atomic E-state index is 2.40. The molecule has 0 fully saturated rings. The van der Waals surface area contributed by atoms with Crippen molar-refractivity contribution in [3.8, 4) is 66.8 Å². The molecule has 0 saturated carbocycles. The maximum Gasteiger partial charge on any atom is 0.0473 e. The highest BCUT2D eigenvalue weighted by Gasteiger charge is 2.18. The quantitative estimate of drug-likeness (QED) is 0.140. The van der Waals surface area contributed by atoms with Crippen molar-refractivity contribution in [1.29, 1.82) is 0 Å². The van der Waals surface area contributed by atoms with E-state index in [4.69, 9.17) is 0 Å². The summed E-state index contributed by atoms with van der Waals surface area (Å²) >= 11 is 1.87. The number of nitrogens with zero attached hydrogens (tertiary/aromatic N) is 1. The number of benzene rings is 11. The molecule has 1 nitrogen and oxygen atoms in total. The SMILES string of the molecule is c1ccc(-c2cc(-c3ccccc3)cc(N(c3ccc(-c4ccc(-c5cccc(-c6ccc7ccccc7c6)c5)cc4)cc3)c3ccc(-c4cccc5c4sc4ccccc45)cc3)c2)cc1. The molecule has 11 aromatic carbocycles. The van der Waals surface area contributed by atoms with Gasteiger partial charge < -0.3 is 4.90 Å². The van der Waals surface area contributed by atoms with E-state index in [1.165, 1.54) is 97.7 Å². The van der Waals surface area contributed by atoms with Crippen LogP contribution in [0.25, 0.3) is 97.7 Å². The zero-order chi connectivity index (χ0) is 43.8. The van der Waals surface area contributed by atoms with Crippen LogP contribution in [0.2, 0.25) is 0 Å². The van der Waals surface area contributed by atoms with E-state index in [0.29, 0.717) is 0 Å². The molecule has 2 heteroatoms. The van der Waals surface area contributed by atoms with E-state index in [9.17, 15) is 0 Å². The van der Waals surface area contributed by atoms with E-state index >= 15 is 0 Å². The van der Waals surface area contributed by atoms with Gasteiger partial charge in [-0.1, -0.05) is 200 Å². The summed E-state index contributed by atoms with van der Waals surface area (Å²) in [6.07, 6.45) is 0. The molecule has 310 valence electrons. The summed E-state index contributed by atoms with van der Waals surface area (Å²) in [5, 5.41) is 5.14. The molecule has 0 saturated heterocycles. The summed E-state index contributed by atoms with van der Waals surface area (Å²) in [7, 11) is 0. The third kappa shape index (κ3) is 7.54. The standard InChI is InChI=1S/C64H43NS/c1-3-13-44(14-4-1)55-41-56(45-15-5-2-6-16-45)43-59(42-55)65(58-37-33-50(34-38-58)60-22-12-23-62-61-21-9-10-24-63(61)66-64(60)62)57-35-31-48(32-36-57)47-25-27-49(28-26-47)52-19-11-20-53(39-52)54-30-29-46-17-7-8-18-51(46)40-54/h1-43H. The van der Waals surface area contributed by atoms with Crippen molar-refractivity contribution in [3.05, 3.63) is 261 Å². The van der Waals surface area contributed by atoms with Crippen molar-refractivity contribution in [1.82, 2.24) is 0 Å². The van der Waals surface area contributed by atoms with Crippen molar-refractivity contribution in [2.24, 2.45) is 0 Å². The number of hydrogen-bond donors (Lipinski definition) is 0. The molecular weight excluding hydrogens is 815 g/mol. The smallest absolute Gasteiger partial charge is 0.0473 e. The molecule has 1 heterocycles. The summed E-state index contributed by atoms with van der Waals surface area (Å²) < 4.78 is 2.64. The van der Waals surface area contributed by atoms with Gasteiger partial charge in [-0.15, -0.1) is 11.3 Å². The molecule has 66 heavy (non-hydrogen) atoms. The second-order valence-corrected chi connectivity index (χ2v) is 18.0. The van der Waals surface area contributed by atoms with Gasteiger partial charge in [0.15, 0.2) is 0 Å². The third-order valence-corrected chi connectivity index (χ3v) is 14.1. The zero-order valence-corrected chi connectivity index (χ0v) is 37.0. The molecule has 0 bridgehead atoms. The fourth-order valence-corrected chi connectivity index (χ4v) is 10.7. The highest BCUT2D eigenvalue weighted by Crippen LogP contribution is 2.43. The maximum atomic E-state index is 2.40. The second kappa shape index (κ2) is 17.0. The topological polar surface area (TPSA) is 3.24 Å². The van der Waals surface area contributed by atoms with Crippen LogP contribution in [-0.4, -0.2) is 0 Å². The molecule has 0 aliphatic carbocycles. The minimum Gasteiger partial charge on any atom is -0.310 e. The van der Waals surface area contributed by atoms with E-state index in [0.717, 1.165) is 17.1 Å². The lowest BCUT2D eigenvalue weighted by molar-refractivity contribution is 1.28. The highest BCUT2D eigenvalue weighted by molar-refractivity contribution is 7.26. The van der Waals surface area contributed by atoms with Crippen LogP contribution in [0.5, 0.6) is 0 Å². The molecule has 12 aromatic rings. The van der Waals surface area contributed by atoms with E-state index in [2.05, 4.69) is 266 Å². The Balaban J connectivity index is 0.912. The molecule has 0 unspecified atom stereocenters.